The van der Waals surface area contributed by atoms with E-state index < -0.39 is 0 Å². The molecular formula is C9H15N3O2. The molecule has 1 aliphatic rings. The first-order chi connectivity index (χ1) is 6.65. The molecule has 1 rings (SSSR count). The molecule has 0 saturated carbocycles. The highest BCUT2D eigenvalue weighted by Gasteiger charge is 2.28. The van der Waals surface area contributed by atoms with Gasteiger partial charge in [0.2, 0.25) is 5.91 Å². The van der Waals surface area contributed by atoms with Gasteiger partial charge >= 0.3 is 6.03 Å². The third-order valence-corrected chi connectivity index (χ3v) is 1.94. The summed E-state index contributed by atoms with van der Waals surface area (Å²) >= 11 is 0. The fourth-order valence-electron chi connectivity index (χ4n) is 1.20. The Bertz CT molecular complexity index is 247. The van der Waals surface area contributed by atoms with Crippen molar-refractivity contribution in [3.8, 4) is 0 Å². The van der Waals surface area contributed by atoms with Crippen LogP contribution in [-0.2, 0) is 4.79 Å². The van der Waals surface area contributed by atoms with Crippen LogP contribution in [0.25, 0.3) is 0 Å². The molecule has 2 N–H and O–H groups in total. The molecular weight excluding hydrogens is 182 g/mol. The molecule has 1 saturated heterocycles. The highest BCUT2D eigenvalue weighted by atomic mass is 16.2. The van der Waals surface area contributed by atoms with Crippen LogP contribution < -0.4 is 10.6 Å². The average molecular weight is 197 g/mol. The Hall–Kier alpha value is -1.36. The van der Waals surface area contributed by atoms with Crippen LogP contribution in [0.5, 0.6) is 0 Å². The zero-order valence-electron chi connectivity index (χ0n) is 8.30. The van der Waals surface area contributed by atoms with Crippen molar-refractivity contribution in [3.63, 3.8) is 0 Å². The molecule has 0 aromatic rings. The lowest BCUT2D eigenvalue weighted by Crippen LogP contribution is -2.34. The third kappa shape index (κ3) is 2.56. The summed E-state index contributed by atoms with van der Waals surface area (Å²) in [7, 11) is 0. The minimum atomic E-state index is -0.326. The number of rotatable bonds is 5. The van der Waals surface area contributed by atoms with Crippen LogP contribution in [0.15, 0.2) is 12.2 Å². The maximum atomic E-state index is 11.2. The number of carbonyl (C=O) groups excluding carboxylic acids is 2. The van der Waals surface area contributed by atoms with E-state index in [0.717, 1.165) is 12.1 Å². The number of imide groups is 1. The molecule has 0 bridgehead atoms. The van der Waals surface area contributed by atoms with Crippen LogP contribution in [0.4, 0.5) is 4.79 Å². The number of hydrogen-bond donors (Lipinski definition) is 2. The van der Waals surface area contributed by atoms with Crippen molar-refractivity contribution in [2.75, 3.05) is 26.2 Å². The summed E-state index contributed by atoms with van der Waals surface area (Å²) in [5.41, 5.74) is 0.831. The molecule has 14 heavy (non-hydrogen) atoms. The molecule has 5 nitrogen and oxygen atoms in total. The van der Waals surface area contributed by atoms with Crippen molar-refractivity contribution >= 4 is 11.9 Å². The second-order valence-corrected chi connectivity index (χ2v) is 3.17. The Morgan fingerprint density at radius 3 is 2.86 bits per heavy atom. The zero-order valence-corrected chi connectivity index (χ0v) is 8.30. The molecule has 0 aromatic carbocycles. The maximum absolute atomic E-state index is 11.2. The van der Waals surface area contributed by atoms with E-state index in [9.17, 15) is 9.59 Å². The second-order valence-electron chi connectivity index (χ2n) is 3.17. The van der Waals surface area contributed by atoms with E-state index in [-0.39, 0.29) is 18.5 Å². The first-order valence-corrected chi connectivity index (χ1v) is 4.60. The van der Waals surface area contributed by atoms with Crippen LogP contribution in [0.2, 0.25) is 0 Å². The predicted molar refractivity (Wildman–Crippen MR) is 52.8 cm³/mol. The summed E-state index contributed by atoms with van der Waals surface area (Å²) in [6.07, 6.45) is 0. The topological polar surface area (TPSA) is 61.4 Å². The SMILES string of the molecule is C=C(CNCC)CN1C(=O)CNC1=O. The molecule has 0 aromatic heterocycles. The Kier molecular flexibility index (Phi) is 3.64. The summed E-state index contributed by atoms with van der Waals surface area (Å²) < 4.78 is 0. The van der Waals surface area contributed by atoms with Crippen molar-refractivity contribution in [3.05, 3.63) is 12.2 Å². The van der Waals surface area contributed by atoms with E-state index >= 15 is 0 Å². The van der Waals surface area contributed by atoms with Crippen molar-refractivity contribution in [1.29, 1.82) is 0 Å². The standard InChI is InChI=1S/C9H15N3O2/c1-3-10-4-7(2)6-12-8(13)5-11-9(12)14/h10H,2-6H2,1H3,(H,11,14). The summed E-state index contributed by atoms with van der Waals surface area (Å²) in [6.45, 7) is 7.66. The Labute approximate surface area is 83.1 Å². The highest BCUT2D eigenvalue weighted by Crippen LogP contribution is 2.02. The monoisotopic (exact) mass is 197 g/mol. The van der Waals surface area contributed by atoms with E-state index in [1.807, 2.05) is 6.92 Å². The van der Waals surface area contributed by atoms with Crippen LogP contribution in [-0.4, -0.2) is 43.0 Å². The van der Waals surface area contributed by atoms with Gasteiger partial charge in [0.25, 0.3) is 0 Å². The van der Waals surface area contributed by atoms with Gasteiger partial charge in [-0.1, -0.05) is 13.5 Å². The predicted octanol–water partition coefficient (Wildman–Crippen LogP) is -0.296. The fourth-order valence-corrected chi connectivity index (χ4v) is 1.20. The van der Waals surface area contributed by atoms with E-state index in [1.54, 1.807) is 0 Å². The summed E-state index contributed by atoms with van der Waals surface area (Å²) in [5, 5.41) is 5.54. The molecule has 0 radical (unpaired) electrons. The largest absolute Gasteiger partial charge is 0.329 e. The smallest absolute Gasteiger partial charge is 0.324 e. The number of nitrogens with zero attached hydrogens (tertiary/aromatic N) is 1. The van der Waals surface area contributed by atoms with Gasteiger partial charge in [0.15, 0.2) is 0 Å². The van der Waals surface area contributed by atoms with Crippen LogP contribution in [0, 0.1) is 0 Å². The third-order valence-electron chi connectivity index (χ3n) is 1.94. The van der Waals surface area contributed by atoms with Crippen LogP contribution in [0.1, 0.15) is 6.92 Å². The molecule has 1 heterocycles. The zero-order chi connectivity index (χ0) is 10.6. The van der Waals surface area contributed by atoms with Gasteiger partial charge in [0.1, 0.15) is 0 Å². The van der Waals surface area contributed by atoms with E-state index in [0.29, 0.717) is 13.1 Å². The van der Waals surface area contributed by atoms with Gasteiger partial charge in [-0.2, -0.15) is 0 Å². The first-order valence-electron chi connectivity index (χ1n) is 4.60. The Morgan fingerprint density at radius 2 is 2.36 bits per heavy atom. The number of likely N-dealkylation sites (N-methyl/N-ethyl adjacent to an activating group) is 1. The second kappa shape index (κ2) is 4.76. The minimum absolute atomic E-state index is 0.104. The van der Waals surface area contributed by atoms with Crippen molar-refractivity contribution < 1.29 is 9.59 Å². The van der Waals surface area contributed by atoms with Gasteiger partial charge in [0.05, 0.1) is 13.1 Å². The van der Waals surface area contributed by atoms with Crippen LogP contribution in [0.3, 0.4) is 0 Å². The average Bonchev–Trinajstić information content (AvgIpc) is 2.46. The lowest BCUT2D eigenvalue weighted by atomic mass is 10.3. The summed E-state index contributed by atoms with van der Waals surface area (Å²) in [5.74, 6) is -0.187. The Morgan fingerprint density at radius 1 is 1.64 bits per heavy atom. The number of urea groups is 1. The fraction of sp³-hybridized carbons (Fsp3) is 0.556. The van der Waals surface area contributed by atoms with E-state index in [2.05, 4.69) is 17.2 Å². The molecule has 0 unspecified atom stereocenters. The first kappa shape index (κ1) is 10.7. The molecule has 78 valence electrons. The van der Waals surface area contributed by atoms with Crippen molar-refractivity contribution in [2.24, 2.45) is 0 Å². The normalized spacial score (nSPS) is 15.9. The van der Waals surface area contributed by atoms with E-state index in [1.165, 1.54) is 4.90 Å². The van der Waals surface area contributed by atoms with Crippen molar-refractivity contribution in [1.82, 2.24) is 15.5 Å². The molecule has 0 aliphatic carbocycles. The van der Waals surface area contributed by atoms with E-state index in [4.69, 9.17) is 0 Å². The molecule has 0 atom stereocenters. The maximum Gasteiger partial charge on any atom is 0.324 e. The van der Waals surface area contributed by atoms with Gasteiger partial charge < -0.3 is 10.6 Å². The minimum Gasteiger partial charge on any atom is -0.329 e. The quantitative estimate of drug-likeness (QED) is 0.470. The van der Waals surface area contributed by atoms with Gasteiger partial charge in [-0.3, -0.25) is 9.69 Å². The summed E-state index contributed by atoms with van der Waals surface area (Å²) in [6, 6.07) is -0.326. The highest BCUT2D eigenvalue weighted by molar-refractivity contribution is 6.02. The number of hydrogen-bond acceptors (Lipinski definition) is 3. The molecule has 1 fully saturated rings. The number of nitrogens with one attached hydrogen (secondary N) is 2. The van der Waals surface area contributed by atoms with Gasteiger partial charge in [0, 0.05) is 6.54 Å². The van der Waals surface area contributed by atoms with Crippen LogP contribution >= 0.6 is 0 Å². The summed E-state index contributed by atoms with van der Waals surface area (Å²) in [4.78, 5) is 23.5. The Balaban J connectivity index is 2.39. The molecule has 0 spiro atoms. The van der Waals surface area contributed by atoms with Gasteiger partial charge in [-0.05, 0) is 12.1 Å². The number of amides is 3. The lowest BCUT2D eigenvalue weighted by Gasteiger charge is -2.14. The lowest BCUT2D eigenvalue weighted by molar-refractivity contribution is -0.124. The van der Waals surface area contributed by atoms with Crippen molar-refractivity contribution in [2.45, 2.75) is 6.92 Å². The van der Waals surface area contributed by atoms with Gasteiger partial charge in [-0.25, -0.2) is 4.79 Å². The molecule has 3 amide bonds. The molecule has 1 aliphatic heterocycles. The van der Waals surface area contributed by atoms with Gasteiger partial charge in [-0.15, -0.1) is 0 Å². The number of carbonyl (C=O) groups is 2. The molecule has 5 heteroatoms.